The molecule has 7 heteroatoms. The van der Waals surface area contributed by atoms with Gasteiger partial charge in [-0.15, -0.1) is 0 Å². The molecule has 0 saturated carbocycles. The highest BCUT2D eigenvalue weighted by Gasteiger charge is 2.31. The van der Waals surface area contributed by atoms with Crippen LogP contribution in [0.5, 0.6) is 5.75 Å². The van der Waals surface area contributed by atoms with Crippen LogP contribution < -0.4 is 14.4 Å². The van der Waals surface area contributed by atoms with Gasteiger partial charge in [0.1, 0.15) is 18.4 Å². The number of amides is 1. The van der Waals surface area contributed by atoms with E-state index in [4.69, 9.17) is 4.74 Å². The van der Waals surface area contributed by atoms with Crippen LogP contribution in [0.1, 0.15) is 37.8 Å². The fraction of sp³-hybridized carbons (Fsp3) is 0.435. The van der Waals surface area contributed by atoms with E-state index < -0.39 is 16.1 Å². The quantitative estimate of drug-likeness (QED) is 0.550. The Balaban J connectivity index is 1.97. The SMILES string of the molecule is CCCc1ccc(OCCNC(=O)[C@H](CC)N(c2ccc(C)cc2)S(C)(=O)=O)cc1. The molecule has 6 nitrogen and oxygen atoms in total. The Bertz CT molecular complexity index is 909. The molecule has 0 spiro atoms. The first-order chi connectivity index (χ1) is 14.3. The standard InChI is InChI=1S/C23H32N2O4S/c1-5-7-19-10-14-21(15-11-19)29-17-16-24-23(26)22(6-2)25(30(4,27)28)20-12-8-18(3)9-13-20/h8-15,22H,5-7,16-17H2,1-4H3,(H,24,26)/t22-/m0/s1. The summed E-state index contributed by atoms with van der Waals surface area (Å²) in [6, 6.07) is 14.2. The molecular weight excluding hydrogens is 400 g/mol. The van der Waals surface area contributed by atoms with E-state index in [2.05, 4.69) is 12.2 Å². The summed E-state index contributed by atoms with van der Waals surface area (Å²) in [5, 5.41) is 2.80. The van der Waals surface area contributed by atoms with Gasteiger partial charge in [-0.2, -0.15) is 0 Å². The third-order valence-electron chi connectivity index (χ3n) is 4.75. The Hall–Kier alpha value is -2.54. The van der Waals surface area contributed by atoms with Gasteiger partial charge in [0.15, 0.2) is 0 Å². The maximum absolute atomic E-state index is 12.8. The van der Waals surface area contributed by atoms with Crippen molar-refractivity contribution in [2.75, 3.05) is 23.7 Å². The largest absolute Gasteiger partial charge is 0.492 e. The Labute approximate surface area is 180 Å². The molecule has 0 aromatic heterocycles. The zero-order valence-corrected chi connectivity index (χ0v) is 19.0. The molecule has 0 aliphatic rings. The van der Waals surface area contributed by atoms with Crippen molar-refractivity contribution in [2.24, 2.45) is 0 Å². The van der Waals surface area contributed by atoms with Crippen LogP contribution in [0, 0.1) is 6.92 Å². The number of aryl methyl sites for hydroxylation is 2. The van der Waals surface area contributed by atoms with Crippen molar-refractivity contribution in [3.63, 3.8) is 0 Å². The molecule has 2 rings (SSSR count). The van der Waals surface area contributed by atoms with Crippen LogP contribution in [0.25, 0.3) is 0 Å². The van der Waals surface area contributed by atoms with Crippen LogP contribution in [-0.2, 0) is 21.2 Å². The third-order valence-corrected chi connectivity index (χ3v) is 5.93. The van der Waals surface area contributed by atoms with Gasteiger partial charge >= 0.3 is 0 Å². The molecule has 2 aromatic carbocycles. The summed E-state index contributed by atoms with van der Waals surface area (Å²) in [6.45, 7) is 6.46. The molecule has 1 amide bonds. The highest BCUT2D eigenvalue weighted by Crippen LogP contribution is 2.23. The lowest BCUT2D eigenvalue weighted by Crippen LogP contribution is -2.50. The fourth-order valence-electron chi connectivity index (χ4n) is 3.25. The predicted molar refractivity (Wildman–Crippen MR) is 122 cm³/mol. The molecule has 0 aliphatic heterocycles. The number of hydrogen-bond acceptors (Lipinski definition) is 4. The van der Waals surface area contributed by atoms with E-state index >= 15 is 0 Å². The van der Waals surface area contributed by atoms with Gasteiger partial charge in [-0.3, -0.25) is 9.10 Å². The third kappa shape index (κ3) is 6.76. The average molecular weight is 433 g/mol. The number of nitrogens with zero attached hydrogens (tertiary/aromatic N) is 1. The number of carbonyl (C=O) groups is 1. The van der Waals surface area contributed by atoms with Crippen LogP contribution in [0.3, 0.4) is 0 Å². The molecule has 1 N–H and O–H groups in total. The molecule has 0 heterocycles. The number of rotatable bonds is 11. The van der Waals surface area contributed by atoms with Crippen molar-refractivity contribution >= 4 is 21.6 Å². The van der Waals surface area contributed by atoms with Gasteiger partial charge in [-0.05, 0) is 49.6 Å². The first-order valence-electron chi connectivity index (χ1n) is 10.3. The van der Waals surface area contributed by atoms with Gasteiger partial charge in [0.05, 0.1) is 18.5 Å². The molecule has 164 valence electrons. The Morgan fingerprint density at radius 3 is 2.23 bits per heavy atom. The summed E-state index contributed by atoms with van der Waals surface area (Å²) in [4.78, 5) is 12.8. The zero-order chi connectivity index (χ0) is 22.1. The second-order valence-corrected chi connectivity index (χ2v) is 9.21. The van der Waals surface area contributed by atoms with Gasteiger partial charge in [0.2, 0.25) is 15.9 Å². The normalized spacial score (nSPS) is 12.3. The molecule has 0 bridgehead atoms. The number of ether oxygens (including phenoxy) is 1. The molecule has 0 fully saturated rings. The van der Waals surface area contributed by atoms with Gasteiger partial charge in [-0.1, -0.05) is 50.1 Å². The van der Waals surface area contributed by atoms with E-state index in [1.165, 1.54) is 9.87 Å². The number of benzene rings is 2. The van der Waals surface area contributed by atoms with Crippen molar-refractivity contribution < 1.29 is 17.9 Å². The summed E-state index contributed by atoms with van der Waals surface area (Å²) >= 11 is 0. The van der Waals surface area contributed by atoms with Crippen LogP contribution in [-0.4, -0.2) is 39.8 Å². The van der Waals surface area contributed by atoms with Crippen molar-refractivity contribution in [1.29, 1.82) is 0 Å². The monoisotopic (exact) mass is 432 g/mol. The summed E-state index contributed by atoms with van der Waals surface area (Å²) in [6.07, 6.45) is 3.60. The van der Waals surface area contributed by atoms with Crippen molar-refractivity contribution in [3.05, 3.63) is 59.7 Å². The smallest absolute Gasteiger partial charge is 0.244 e. The highest BCUT2D eigenvalue weighted by atomic mass is 32.2. The molecule has 0 aliphatic carbocycles. The summed E-state index contributed by atoms with van der Waals surface area (Å²) in [7, 11) is -3.63. The predicted octanol–water partition coefficient (Wildman–Crippen LogP) is 3.69. The second kappa shape index (κ2) is 11.0. The number of anilines is 1. The topological polar surface area (TPSA) is 75.7 Å². The van der Waals surface area contributed by atoms with Gasteiger partial charge in [0, 0.05) is 0 Å². The van der Waals surface area contributed by atoms with E-state index in [1.54, 1.807) is 19.1 Å². The van der Waals surface area contributed by atoms with Crippen molar-refractivity contribution in [1.82, 2.24) is 5.32 Å². The Kier molecular flexibility index (Phi) is 8.72. The summed E-state index contributed by atoms with van der Waals surface area (Å²) in [5.41, 5.74) is 2.76. The minimum absolute atomic E-state index is 0.289. The minimum atomic E-state index is -3.63. The molecule has 30 heavy (non-hydrogen) atoms. The number of sulfonamides is 1. The van der Waals surface area contributed by atoms with E-state index in [9.17, 15) is 13.2 Å². The minimum Gasteiger partial charge on any atom is -0.492 e. The van der Waals surface area contributed by atoms with E-state index in [0.717, 1.165) is 30.4 Å². The van der Waals surface area contributed by atoms with Crippen molar-refractivity contribution in [2.45, 2.75) is 46.1 Å². The first-order valence-corrected chi connectivity index (χ1v) is 12.2. The number of hydrogen-bond donors (Lipinski definition) is 1. The molecule has 0 saturated heterocycles. The summed E-state index contributed by atoms with van der Waals surface area (Å²) in [5.74, 6) is 0.402. The maximum atomic E-state index is 12.8. The van der Waals surface area contributed by atoms with Crippen LogP contribution in [0.4, 0.5) is 5.69 Å². The maximum Gasteiger partial charge on any atom is 0.244 e. The lowest BCUT2D eigenvalue weighted by Gasteiger charge is -2.30. The molecule has 0 radical (unpaired) electrons. The lowest BCUT2D eigenvalue weighted by molar-refractivity contribution is -0.122. The van der Waals surface area contributed by atoms with E-state index in [-0.39, 0.29) is 12.5 Å². The number of carbonyl (C=O) groups excluding carboxylic acids is 1. The van der Waals surface area contributed by atoms with E-state index in [1.807, 2.05) is 43.3 Å². The van der Waals surface area contributed by atoms with Crippen molar-refractivity contribution in [3.8, 4) is 5.75 Å². The van der Waals surface area contributed by atoms with Gasteiger partial charge in [-0.25, -0.2) is 8.42 Å². The molecular formula is C23H32N2O4S. The lowest BCUT2D eigenvalue weighted by atomic mass is 10.1. The second-order valence-electron chi connectivity index (χ2n) is 7.35. The fourth-order valence-corrected chi connectivity index (χ4v) is 4.47. The Morgan fingerprint density at radius 1 is 1.07 bits per heavy atom. The van der Waals surface area contributed by atoms with Crippen LogP contribution in [0.15, 0.2) is 48.5 Å². The van der Waals surface area contributed by atoms with Gasteiger partial charge < -0.3 is 10.1 Å². The Morgan fingerprint density at radius 2 is 1.70 bits per heavy atom. The van der Waals surface area contributed by atoms with Crippen LogP contribution in [0.2, 0.25) is 0 Å². The van der Waals surface area contributed by atoms with E-state index in [0.29, 0.717) is 18.7 Å². The molecule has 2 aromatic rings. The van der Waals surface area contributed by atoms with Crippen LogP contribution >= 0.6 is 0 Å². The first kappa shape index (κ1) is 23.7. The average Bonchev–Trinajstić information content (AvgIpc) is 2.70. The molecule has 0 unspecified atom stereocenters. The highest BCUT2D eigenvalue weighted by molar-refractivity contribution is 7.92. The number of nitrogens with one attached hydrogen (secondary N) is 1. The zero-order valence-electron chi connectivity index (χ0n) is 18.2. The van der Waals surface area contributed by atoms with Gasteiger partial charge in [0.25, 0.3) is 0 Å². The summed E-state index contributed by atoms with van der Waals surface area (Å²) < 4.78 is 31.7. The molecule has 1 atom stereocenters.